The molecule has 1 aromatic carbocycles. The maximum atomic E-state index is 13.0. The lowest BCUT2D eigenvalue weighted by molar-refractivity contribution is -0.135. The Bertz CT molecular complexity index is 584. The first kappa shape index (κ1) is 18.3. The second kappa shape index (κ2) is 8.72. The minimum atomic E-state index is -0.407. The number of carbonyl (C=O) groups excluding carboxylic acids is 2. The molecule has 2 heterocycles. The van der Waals surface area contributed by atoms with Crippen molar-refractivity contribution < 1.29 is 9.59 Å². The Morgan fingerprint density at radius 3 is 2.56 bits per heavy atom. The van der Waals surface area contributed by atoms with Crippen LogP contribution >= 0.6 is 11.8 Å². The Labute approximate surface area is 153 Å². The smallest absolute Gasteiger partial charge is 0.245 e. The highest BCUT2D eigenvalue weighted by molar-refractivity contribution is 7.98. The lowest BCUT2D eigenvalue weighted by Gasteiger charge is -2.25. The van der Waals surface area contributed by atoms with Crippen molar-refractivity contribution in [1.29, 1.82) is 0 Å². The van der Waals surface area contributed by atoms with E-state index in [0.29, 0.717) is 24.7 Å². The molecule has 2 amide bonds. The standard InChI is InChI=1S/C19H27N3O2S/c1-25-8-7-17(21-18(23)9-14-5-3-2-4-6-14)19(24)22-12-15-10-20-11-16(15)13-22/h2-6,15-17,20H,7-13H2,1H3,(H,21,23)/t15-,16+,17?. The second-order valence-corrected chi connectivity index (χ2v) is 7.97. The van der Waals surface area contributed by atoms with Gasteiger partial charge in [0.15, 0.2) is 0 Å². The van der Waals surface area contributed by atoms with Crippen molar-refractivity contribution in [2.24, 2.45) is 11.8 Å². The van der Waals surface area contributed by atoms with E-state index < -0.39 is 6.04 Å². The molecule has 2 aliphatic rings. The molecule has 5 nitrogen and oxygen atoms in total. The van der Waals surface area contributed by atoms with Crippen LogP contribution in [0.1, 0.15) is 12.0 Å². The van der Waals surface area contributed by atoms with Crippen molar-refractivity contribution >= 4 is 23.6 Å². The summed E-state index contributed by atoms with van der Waals surface area (Å²) in [6.07, 6.45) is 3.03. The SMILES string of the molecule is CSCCC(NC(=O)Cc1ccccc1)C(=O)N1C[C@H]2CNC[C@H]2C1. The van der Waals surface area contributed by atoms with Gasteiger partial charge in [0.05, 0.1) is 6.42 Å². The number of nitrogens with one attached hydrogen (secondary N) is 2. The Morgan fingerprint density at radius 2 is 1.92 bits per heavy atom. The number of likely N-dealkylation sites (tertiary alicyclic amines) is 1. The number of hydrogen-bond acceptors (Lipinski definition) is 4. The first-order chi connectivity index (χ1) is 12.2. The highest BCUT2D eigenvalue weighted by Crippen LogP contribution is 2.27. The summed E-state index contributed by atoms with van der Waals surface area (Å²) in [5.41, 5.74) is 0.970. The molecule has 3 atom stereocenters. The molecule has 0 saturated carbocycles. The van der Waals surface area contributed by atoms with Gasteiger partial charge >= 0.3 is 0 Å². The highest BCUT2D eigenvalue weighted by atomic mass is 32.2. The number of nitrogens with zero attached hydrogens (tertiary/aromatic N) is 1. The molecule has 1 unspecified atom stereocenters. The first-order valence-electron chi connectivity index (χ1n) is 8.99. The molecular formula is C19H27N3O2S. The summed E-state index contributed by atoms with van der Waals surface area (Å²) in [6.45, 7) is 3.65. The first-order valence-corrected chi connectivity index (χ1v) is 10.4. The van der Waals surface area contributed by atoms with E-state index in [1.807, 2.05) is 41.5 Å². The summed E-state index contributed by atoms with van der Waals surface area (Å²) in [6, 6.07) is 9.26. The normalized spacial score (nSPS) is 23.3. The van der Waals surface area contributed by atoms with Gasteiger partial charge in [-0.2, -0.15) is 11.8 Å². The molecular weight excluding hydrogens is 334 g/mol. The van der Waals surface area contributed by atoms with E-state index in [9.17, 15) is 9.59 Å². The summed E-state index contributed by atoms with van der Waals surface area (Å²) in [5.74, 6) is 2.02. The van der Waals surface area contributed by atoms with Crippen LogP contribution in [0.2, 0.25) is 0 Å². The third-order valence-corrected chi connectivity index (χ3v) is 5.80. The van der Waals surface area contributed by atoms with Gasteiger partial charge in [0, 0.05) is 26.2 Å². The van der Waals surface area contributed by atoms with Crippen molar-refractivity contribution in [2.45, 2.75) is 18.9 Å². The lowest BCUT2D eigenvalue weighted by Crippen LogP contribution is -2.49. The predicted octanol–water partition coefficient (Wildman–Crippen LogP) is 1.14. The molecule has 0 spiro atoms. The molecule has 0 aliphatic carbocycles. The van der Waals surface area contributed by atoms with Crippen LogP contribution in [0.4, 0.5) is 0 Å². The minimum absolute atomic E-state index is 0.0771. The molecule has 0 bridgehead atoms. The molecule has 2 aliphatic heterocycles. The van der Waals surface area contributed by atoms with E-state index in [2.05, 4.69) is 10.6 Å². The number of hydrogen-bond donors (Lipinski definition) is 2. The molecule has 2 fully saturated rings. The van der Waals surface area contributed by atoms with E-state index >= 15 is 0 Å². The van der Waals surface area contributed by atoms with Gasteiger partial charge in [0.1, 0.15) is 6.04 Å². The third kappa shape index (κ3) is 4.76. The maximum Gasteiger partial charge on any atom is 0.245 e. The van der Waals surface area contributed by atoms with Crippen LogP contribution in [0.5, 0.6) is 0 Å². The Hall–Kier alpha value is -1.53. The van der Waals surface area contributed by atoms with Crippen molar-refractivity contribution in [3.05, 3.63) is 35.9 Å². The summed E-state index contributed by atoms with van der Waals surface area (Å²) < 4.78 is 0. The molecule has 25 heavy (non-hydrogen) atoms. The largest absolute Gasteiger partial charge is 0.344 e. The number of fused-ring (bicyclic) bond motifs is 1. The number of benzene rings is 1. The van der Waals surface area contributed by atoms with Crippen LogP contribution in [0.15, 0.2) is 30.3 Å². The van der Waals surface area contributed by atoms with Gasteiger partial charge in [0.25, 0.3) is 0 Å². The molecule has 6 heteroatoms. The zero-order chi connectivity index (χ0) is 17.6. The van der Waals surface area contributed by atoms with Crippen molar-refractivity contribution in [3.63, 3.8) is 0 Å². The molecule has 3 rings (SSSR count). The third-order valence-electron chi connectivity index (χ3n) is 5.15. The fraction of sp³-hybridized carbons (Fsp3) is 0.579. The van der Waals surface area contributed by atoms with E-state index in [1.54, 1.807) is 11.8 Å². The van der Waals surface area contributed by atoms with E-state index in [4.69, 9.17) is 0 Å². The average molecular weight is 362 g/mol. The van der Waals surface area contributed by atoms with Crippen LogP contribution in [0.3, 0.4) is 0 Å². The van der Waals surface area contributed by atoms with Crippen LogP contribution < -0.4 is 10.6 Å². The fourth-order valence-electron chi connectivity index (χ4n) is 3.78. The number of thioether (sulfide) groups is 1. The van der Waals surface area contributed by atoms with Crippen LogP contribution in [-0.2, 0) is 16.0 Å². The zero-order valence-corrected chi connectivity index (χ0v) is 15.6. The highest BCUT2D eigenvalue weighted by Gasteiger charge is 2.39. The quantitative estimate of drug-likeness (QED) is 0.765. The molecule has 1 aromatic rings. The molecule has 0 aromatic heterocycles. The number of rotatable bonds is 7. The van der Waals surface area contributed by atoms with Crippen LogP contribution in [0, 0.1) is 11.8 Å². The number of amides is 2. The van der Waals surface area contributed by atoms with Gasteiger partial charge in [-0.3, -0.25) is 9.59 Å². The second-order valence-electron chi connectivity index (χ2n) is 6.99. The van der Waals surface area contributed by atoms with Gasteiger partial charge < -0.3 is 15.5 Å². The van der Waals surface area contributed by atoms with Crippen molar-refractivity contribution in [1.82, 2.24) is 15.5 Å². The maximum absolute atomic E-state index is 13.0. The molecule has 136 valence electrons. The summed E-state index contributed by atoms with van der Waals surface area (Å²) >= 11 is 1.71. The molecule has 2 N–H and O–H groups in total. The van der Waals surface area contributed by atoms with Crippen LogP contribution in [-0.4, -0.2) is 60.9 Å². The van der Waals surface area contributed by atoms with E-state index in [-0.39, 0.29) is 11.8 Å². The minimum Gasteiger partial charge on any atom is -0.344 e. The van der Waals surface area contributed by atoms with Crippen molar-refractivity contribution in [3.8, 4) is 0 Å². The van der Waals surface area contributed by atoms with Gasteiger partial charge in [-0.15, -0.1) is 0 Å². The van der Waals surface area contributed by atoms with Gasteiger partial charge in [-0.25, -0.2) is 0 Å². The Balaban J connectivity index is 1.58. The summed E-state index contributed by atoms with van der Waals surface area (Å²) in [5, 5.41) is 6.38. The topological polar surface area (TPSA) is 61.4 Å². The zero-order valence-electron chi connectivity index (χ0n) is 14.7. The Kier molecular flexibility index (Phi) is 6.37. The van der Waals surface area contributed by atoms with Crippen LogP contribution in [0.25, 0.3) is 0 Å². The summed E-state index contributed by atoms with van der Waals surface area (Å²) in [7, 11) is 0. The van der Waals surface area contributed by atoms with Gasteiger partial charge in [-0.1, -0.05) is 30.3 Å². The Morgan fingerprint density at radius 1 is 1.24 bits per heavy atom. The summed E-state index contributed by atoms with van der Waals surface area (Å²) in [4.78, 5) is 27.3. The molecule has 0 radical (unpaired) electrons. The van der Waals surface area contributed by atoms with Gasteiger partial charge in [-0.05, 0) is 35.8 Å². The molecule has 2 saturated heterocycles. The van der Waals surface area contributed by atoms with Gasteiger partial charge in [0.2, 0.25) is 11.8 Å². The van der Waals surface area contributed by atoms with Crippen molar-refractivity contribution in [2.75, 3.05) is 38.2 Å². The van der Waals surface area contributed by atoms with E-state index in [1.165, 1.54) is 0 Å². The lowest BCUT2D eigenvalue weighted by atomic mass is 10.0. The average Bonchev–Trinajstić information content (AvgIpc) is 3.20. The van der Waals surface area contributed by atoms with E-state index in [0.717, 1.165) is 37.5 Å². The monoisotopic (exact) mass is 361 g/mol. The number of carbonyl (C=O) groups is 2. The fourth-order valence-corrected chi connectivity index (χ4v) is 4.25. The predicted molar refractivity (Wildman–Crippen MR) is 102 cm³/mol.